The molecule has 0 spiro atoms. The molecule has 10 rings (SSSR count). The normalized spacial score (nSPS) is 13.0. The average molecular weight is 1550 g/mol. The highest BCUT2D eigenvalue weighted by atomic mass is 35.7. The number of nitrogens with one attached hydrogen (secondary N) is 5. The van der Waals surface area contributed by atoms with Crippen molar-refractivity contribution in [3.05, 3.63) is 225 Å². The van der Waals surface area contributed by atoms with E-state index in [1.807, 2.05) is 137 Å². The molecule has 7 N–H and O–H groups in total. The first kappa shape index (κ1) is 84.9. The number of alkyl halides is 2. The molecule has 0 saturated carbocycles. The number of hydrogen-bond acceptors (Lipinski definition) is 27. The number of aromatic nitrogens is 10. The second kappa shape index (κ2) is 41.6. The molecule has 4 aromatic carbocycles. The lowest BCUT2D eigenvalue weighted by atomic mass is 9.94. The van der Waals surface area contributed by atoms with Gasteiger partial charge >= 0.3 is 6.43 Å². The second-order valence-electron chi connectivity index (χ2n) is 23.4. The number of anilines is 2. The van der Waals surface area contributed by atoms with E-state index in [1.54, 1.807) is 33.2 Å². The summed E-state index contributed by atoms with van der Waals surface area (Å²) < 4.78 is 128. The Balaban J connectivity index is 0.000000218. The van der Waals surface area contributed by atoms with Crippen LogP contribution in [0.4, 0.5) is 20.7 Å². The zero-order chi connectivity index (χ0) is 77.5. The molecule has 0 bridgehead atoms. The largest absolute Gasteiger partial charge is 0.415 e. The molecule has 0 fully saturated rings. The van der Waals surface area contributed by atoms with Crippen LogP contribution in [0, 0.1) is 50.4 Å². The Morgan fingerprint density at radius 3 is 1.19 bits per heavy atom. The van der Waals surface area contributed by atoms with E-state index in [2.05, 4.69) is 101 Å². The summed E-state index contributed by atoms with van der Waals surface area (Å²) in [6.45, 7) is 15.8. The summed E-state index contributed by atoms with van der Waals surface area (Å²) >= 11 is 0. The number of rotatable bonds is 29. The highest BCUT2D eigenvalue weighted by molar-refractivity contribution is 8.13. The maximum absolute atomic E-state index is 12.6. The number of aryl methyl sites for hydroxylation is 4. The van der Waals surface area contributed by atoms with Crippen molar-refractivity contribution >= 4 is 67.4 Å². The number of halogens is 3. The summed E-state index contributed by atoms with van der Waals surface area (Å²) in [5.74, 6) is 0.861. The Bertz CT molecular complexity index is 4860. The van der Waals surface area contributed by atoms with Gasteiger partial charge in [-0.05, 0) is 75.9 Å². The van der Waals surface area contributed by atoms with Gasteiger partial charge < -0.3 is 20.8 Å². The third-order valence-electron chi connectivity index (χ3n) is 15.5. The van der Waals surface area contributed by atoms with E-state index < -0.39 is 51.4 Å². The number of benzene rings is 4. The molecular weight excluding hydrogens is 1470 g/mol. The van der Waals surface area contributed by atoms with Crippen LogP contribution in [0.2, 0.25) is 0 Å². The number of hydrogen-bond donors (Lipinski definition) is 6. The fourth-order valence-corrected chi connectivity index (χ4v) is 11.0. The molecule has 106 heavy (non-hydrogen) atoms. The quantitative estimate of drug-likeness (QED) is 0.0238. The summed E-state index contributed by atoms with van der Waals surface area (Å²) in [5.41, 5.74) is 17.0. The van der Waals surface area contributed by atoms with Crippen LogP contribution in [-0.2, 0) is 52.0 Å². The lowest BCUT2D eigenvalue weighted by Gasteiger charge is -2.20. The van der Waals surface area contributed by atoms with E-state index in [-0.39, 0.29) is 65.9 Å². The van der Waals surface area contributed by atoms with E-state index in [1.165, 1.54) is 49.7 Å². The molecular formula is C69H82ClF2N21O9S4. The Morgan fingerprint density at radius 2 is 0.858 bits per heavy atom. The van der Waals surface area contributed by atoms with Gasteiger partial charge in [-0.1, -0.05) is 126 Å². The van der Waals surface area contributed by atoms with E-state index in [9.17, 15) is 42.5 Å². The highest BCUT2D eigenvalue weighted by Gasteiger charge is 2.23. The summed E-state index contributed by atoms with van der Waals surface area (Å²) in [6.07, 6.45) is 10.1. The van der Waals surface area contributed by atoms with Crippen molar-refractivity contribution in [2.75, 3.05) is 66.4 Å². The minimum Gasteiger partial charge on any atom is -0.415 e. The van der Waals surface area contributed by atoms with Gasteiger partial charge in [0.2, 0.25) is 51.0 Å². The topological polar surface area (TPSA) is 449 Å². The maximum atomic E-state index is 12.6. The summed E-state index contributed by atoms with van der Waals surface area (Å²) in [6, 6.07) is 35.3. The Labute approximate surface area is 620 Å². The van der Waals surface area contributed by atoms with E-state index in [0.717, 1.165) is 50.2 Å². The molecule has 30 nitrogen and oxygen atoms in total. The van der Waals surface area contributed by atoms with Gasteiger partial charge in [0.15, 0.2) is 0 Å². The third-order valence-corrected chi connectivity index (χ3v) is 20.9. The molecule has 5 aromatic heterocycles. The smallest absolute Gasteiger partial charge is 0.314 e. The van der Waals surface area contributed by atoms with Crippen LogP contribution in [0.3, 0.4) is 0 Å². The molecule has 0 radical (unpaired) electrons. The van der Waals surface area contributed by atoms with Crippen LogP contribution in [0.1, 0.15) is 137 Å². The molecule has 1 aliphatic rings. The number of sulfonamides is 3. The van der Waals surface area contributed by atoms with E-state index in [0.29, 0.717) is 72.7 Å². The molecule has 562 valence electrons. The van der Waals surface area contributed by atoms with Crippen molar-refractivity contribution in [2.45, 2.75) is 98.6 Å². The molecule has 0 aliphatic carbocycles. The third kappa shape index (κ3) is 29.5. The Kier molecular flexibility index (Phi) is 33.3. The van der Waals surface area contributed by atoms with Crippen LogP contribution >= 0.6 is 10.7 Å². The summed E-state index contributed by atoms with van der Waals surface area (Å²) in [5, 5.41) is 41.9. The lowest BCUT2D eigenvalue weighted by molar-refractivity contribution is 0.116. The van der Waals surface area contributed by atoms with E-state index in [4.69, 9.17) is 20.7 Å². The number of nitriles is 2. The maximum Gasteiger partial charge on any atom is 0.314 e. The van der Waals surface area contributed by atoms with Gasteiger partial charge in [0.25, 0.3) is 11.8 Å². The molecule has 0 amide bonds. The van der Waals surface area contributed by atoms with Crippen molar-refractivity contribution in [3.63, 3.8) is 0 Å². The predicted molar refractivity (Wildman–Crippen MR) is 399 cm³/mol. The minimum atomic E-state index is -3.35. The molecule has 1 aliphatic heterocycles. The van der Waals surface area contributed by atoms with Crippen molar-refractivity contribution in [1.82, 2.24) is 64.2 Å². The second-order valence-corrected chi connectivity index (χ2v) is 32.8. The Hall–Kier alpha value is -10.0. The SMILES string of the molecule is CCS(=O)(=O)Cl.CCS(=O)(=O)NCC(Cc1ncc(-c2nnc(C(F)F)o2)cn1)c1ccc(C)cc1.CCS(=O)(=O)NCC(Cc1ncc(C2=NN=NC2)cn1)c1ccc(C)cc1.CCS(=O)(=O)NCC(Nc1ncc(C#N)cn1)c1ccc(C)cc1.Cc1ccc(C(CN)Nc2ncc(C#N)cn2)cc1. The van der Waals surface area contributed by atoms with Crippen molar-refractivity contribution < 1.29 is 46.9 Å². The van der Waals surface area contributed by atoms with Crippen LogP contribution in [0.5, 0.6) is 0 Å². The zero-order valence-corrected chi connectivity index (χ0v) is 63.3. The van der Waals surface area contributed by atoms with Gasteiger partial charge in [-0.15, -0.1) is 15.3 Å². The Morgan fingerprint density at radius 1 is 0.500 bits per heavy atom. The van der Waals surface area contributed by atoms with Gasteiger partial charge in [0, 0.05) is 91.9 Å². The van der Waals surface area contributed by atoms with Gasteiger partial charge in [-0.3, -0.25) is 0 Å². The molecule has 6 heterocycles. The molecule has 4 unspecified atom stereocenters. The van der Waals surface area contributed by atoms with Gasteiger partial charge in [-0.2, -0.15) is 24.4 Å². The van der Waals surface area contributed by atoms with Gasteiger partial charge in [0.1, 0.15) is 30.3 Å². The van der Waals surface area contributed by atoms with Crippen LogP contribution < -0.4 is 30.5 Å². The lowest BCUT2D eigenvalue weighted by Crippen LogP contribution is -2.32. The summed E-state index contributed by atoms with van der Waals surface area (Å²) in [7, 11) is -8.43. The molecule has 4 atom stereocenters. The average Bonchev–Trinajstić information content (AvgIpc) is 1.41. The fourth-order valence-electron chi connectivity index (χ4n) is 9.05. The zero-order valence-electron chi connectivity index (χ0n) is 59.2. The van der Waals surface area contributed by atoms with Crippen molar-refractivity contribution in [2.24, 2.45) is 21.2 Å². The first-order valence-corrected chi connectivity index (χ1v) is 40.3. The summed E-state index contributed by atoms with van der Waals surface area (Å²) in [4.78, 5) is 33.7. The van der Waals surface area contributed by atoms with Gasteiger partial charge in [-0.25, -0.2) is 87.7 Å². The van der Waals surface area contributed by atoms with Crippen LogP contribution in [0.25, 0.3) is 11.5 Å². The van der Waals surface area contributed by atoms with Crippen LogP contribution in [0.15, 0.2) is 166 Å². The molecule has 0 saturated heterocycles. The van der Waals surface area contributed by atoms with Crippen molar-refractivity contribution in [1.29, 1.82) is 10.5 Å². The van der Waals surface area contributed by atoms with Crippen LogP contribution in [-0.4, -0.2) is 145 Å². The van der Waals surface area contributed by atoms with Crippen molar-refractivity contribution in [3.8, 4) is 23.6 Å². The standard InChI is InChI=1S/C19H21F2N5O3S.C18H22N6O2S.C16H19N5O2S.C14H15N5.C2H5ClO2S/c1-3-30(27,28)24-11-14(13-6-4-12(2)5-7-13)8-16-22-9-15(10-23-16)18-25-26-19(29-18)17(20)21;1-3-27(25,26)22-11-15(14-6-4-13(2)5-7-14)8-18-19-9-16(10-20-18)17-12-21-24-23-17;1-3-24(22,23)20-11-15(14-6-4-12(2)5-7-14)21-16-18-9-13(8-17)10-19-16;1-10-2-4-12(5-3-10)13(7-16)19-14-17-8-11(6-15)9-18-14;1-2-6(3,4)5/h4-7,9-10,14,17,24H,3,8,11H2,1-2H3;4-7,9-10,15,22H,3,8,11-12H2,1-2H3;4-7,9-10,15,20H,3,11H2,1-2H3,(H,18,19,21);2-5,8-9,13H,7,16H2,1H3,(H,17,18,19);2H2,1H3. The molecule has 9 aromatic rings. The van der Waals surface area contributed by atoms with E-state index >= 15 is 0 Å². The fraction of sp³-hybridized carbons (Fsp3) is 0.348. The predicted octanol–water partition coefficient (Wildman–Crippen LogP) is 9.35. The first-order valence-electron chi connectivity index (χ1n) is 32.9. The number of nitrogens with zero attached hydrogens (tertiary/aromatic N) is 15. The monoisotopic (exact) mass is 1550 g/mol. The minimum absolute atomic E-state index is 0.00849. The molecule has 37 heteroatoms. The van der Waals surface area contributed by atoms with Gasteiger partial charge in [0.05, 0.1) is 82.3 Å². The number of nitrogens with two attached hydrogens (primary N) is 1. The highest BCUT2D eigenvalue weighted by Crippen LogP contribution is 2.26. The first-order chi connectivity index (χ1) is 50.5.